The number of urea groups is 1. The van der Waals surface area contributed by atoms with Crippen LogP contribution in [-0.2, 0) is 4.74 Å². The topological polar surface area (TPSA) is 58.6 Å². The van der Waals surface area contributed by atoms with E-state index in [1.54, 1.807) is 11.8 Å². The maximum atomic E-state index is 12.1. The lowest BCUT2D eigenvalue weighted by molar-refractivity contribution is 0.0527. The average Bonchev–Trinajstić information content (AvgIpc) is 3.00. The molecule has 0 aliphatic carbocycles. The minimum Gasteiger partial charge on any atom is -0.462 e. The van der Waals surface area contributed by atoms with Crippen LogP contribution in [0.25, 0.3) is 0 Å². The van der Waals surface area contributed by atoms with Gasteiger partial charge in [-0.1, -0.05) is 0 Å². The Balaban J connectivity index is 2.20. The van der Waals surface area contributed by atoms with E-state index in [9.17, 15) is 9.59 Å². The van der Waals surface area contributed by atoms with Crippen LogP contribution in [0.3, 0.4) is 0 Å². The van der Waals surface area contributed by atoms with Gasteiger partial charge in [0.15, 0.2) is 0 Å². The summed E-state index contributed by atoms with van der Waals surface area (Å²) in [5, 5.41) is 3.45. The predicted molar refractivity (Wildman–Crippen MR) is 79.6 cm³/mol. The number of anilines is 1. The van der Waals surface area contributed by atoms with Gasteiger partial charge in [0.1, 0.15) is 5.00 Å². The van der Waals surface area contributed by atoms with Crippen molar-refractivity contribution in [3.05, 3.63) is 16.0 Å². The zero-order chi connectivity index (χ0) is 14.7. The minimum absolute atomic E-state index is 0.130. The maximum absolute atomic E-state index is 12.1. The first-order valence-electron chi connectivity index (χ1n) is 6.87. The molecule has 0 unspecified atom stereocenters. The number of nitrogens with zero attached hydrogens (tertiary/aromatic N) is 1. The van der Waals surface area contributed by atoms with Crippen LogP contribution in [0.1, 0.15) is 40.6 Å². The number of ether oxygens (including phenoxy) is 1. The van der Waals surface area contributed by atoms with Gasteiger partial charge in [-0.2, -0.15) is 0 Å². The Labute approximate surface area is 122 Å². The normalized spacial score (nSPS) is 14.4. The van der Waals surface area contributed by atoms with Gasteiger partial charge < -0.3 is 9.64 Å². The molecule has 1 aliphatic rings. The van der Waals surface area contributed by atoms with E-state index in [4.69, 9.17) is 4.74 Å². The maximum Gasteiger partial charge on any atom is 0.341 e. The molecule has 1 aromatic heterocycles. The molecule has 20 heavy (non-hydrogen) atoms. The van der Waals surface area contributed by atoms with Crippen LogP contribution in [0.15, 0.2) is 0 Å². The summed E-state index contributed by atoms with van der Waals surface area (Å²) < 4.78 is 5.07. The van der Waals surface area contributed by atoms with Gasteiger partial charge in [0.05, 0.1) is 12.2 Å². The molecule has 0 bridgehead atoms. The van der Waals surface area contributed by atoms with E-state index in [0.29, 0.717) is 17.2 Å². The van der Waals surface area contributed by atoms with Crippen LogP contribution >= 0.6 is 11.3 Å². The lowest BCUT2D eigenvalue weighted by Gasteiger charge is -2.16. The molecular formula is C14H20N2O3S. The van der Waals surface area contributed by atoms with Gasteiger partial charge in [0.25, 0.3) is 0 Å². The Morgan fingerprint density at radius 1 is 1.30 bits per heavy atom. The van der Waals surface area contributed by atoms with Crippen LogP contribution in [0, 0.1) is 13.8 Å². The molecule has 1 aliphatic heterocycles. The number of amides is 2. The van der Waals surface area contributed by atoms with Crippen molar-refractivity contribution in [2.24, 2.45) is 0 Å². The van der Waals surface area contributed by atoms with Crippen LogP contribution in [-0.4, -0.2) is 36.6 Å². The molecular weight excluding hydrogens is 276 g/mol. The second kappa shape index (κ2) is 6.26. The highest BCUT2D eigenvalue weighted by Gasteiger charge is 2.24. The number of carbonyl (C=O) groups is 2. The molecule has 1 aromatic rings. The number of esters is 1. The average molecular weight is 296 g/mol. The number of likely N-dealkylation sites (tertiary alicyclic amines) is 1. The van der Waals surface area contributed by atoms with Crippen LogP contribution in [0.2, 0.25) is 0 Å². The van der Waals surface area contributed by atoms with Crippen LogP contribution in [0.4, 0.5) is 9.80 Å². The number of carbonyl (C=O) groups excluding carboxylic acids is 2. The first-order chi connectivity index (χ1) is 9.54. The minimum atomic E-state index is -0.369. The van der Waals surface area contributed by atoms with E-state index in [2.05, 4.69) is 5.32 Å². The molecule has 1 saturated heterocycles. The third-order valence-corrected chi connectivity index (χ3v) is 4.60. The lowest BCUT2D eigenvalue weighted by Crippen LogP contribution is -2.32. The first kappa shape index (κ1) is 14.8. The fourth-order valence-corrected chi connectivity index (χ4v) is 3.30. The van der Waals surface area contributed by atoms with Crippen molar-refractivity contribution in [2.75, 3.05) is 25.0 Å². The van der Waals surface area contributed by atoms with E-state index in [1.807, 2.05) is 13.8 Å². The summed E-state index contributed by atoms with van der Waals surface area (Å²) in [7, 11) is 0. The molecule has 1 N–H and O–H groups in total. The molecule has 2 heterocycles. The van der Waals surface area contributed by atoms with Crippen LogP contribution in [0.5, 0.6) is 0 Å². The van der Waals surface area contributed by atoms with Gasteiger partial charge >= 0.3 is 12.0 Å². The molecule has 0 saturated carbocycles. The second-order valence-electron chi connectivity index (χ2n) is 4.83. The van der Waals surface area contributed by atoms with E-state index < -0.39 is 0 Å². The van der Waals surface area contributed by atoms with Gasteiger partial charge in [0.2, 0.25) is 0 Å². The van der Waals surface area contributed by atoms with E-state index in [1.165, 1.54) is 11.3 Å². The van der Waals surface area contributed by atoms with Gasteiger partial charge in [-0.3, -0.25) is 5.32 Å². The molecule has 0 aromatic carbocycles. The number of hydrogen-bond donors (Lipinski definition) is 1. The first-order valence-corrected chi connectivity index (χ1v) is 7.69. The van der Waals surface area contributed by atoms with E-state index in [-0.39, 0.29) is 12.0 Å². The largest absolute Gasteiger partial charge is 0.462 e. The van der Waals surface area contributed by atoms with Crippen molar-refractivity contribution < 1.29 is 14.3 Å². The zero-order valence-electron chi connectivity index (χ0n) is 12.1. The molecule has 110 valence electrons. The quantitative estimate of drug-likeness (QED) is 0.872. The summed E-state index contributed by atoms with van der Waals surface area (Å²) in [5.41, 5.74) is 1.37. The van der Waals surface area contributed by atoms with Crippen molar-refractivity contribution in [3.63, 3.8) is 0 Å². The molecule has 5 nitrogen and oxygen atoms in total. The van der Waals surface area contributed by atoms with E-state index in [0.717, 1.165) is 36.4 Å². The lowest BCUT2D eigenvalue weighted by atomic mass is 10.1. The number of thiophene rings is 1. The Morgan fingerprint density at radius 3 is 2.55 bits per heavy atom. The molecule has 0 atom stereocenters. The number of hydrogen-bond acceptors (Lipinski definition) is 4. The van der Waals surface area contributed by atoms with Gasteiger partial charge in [-0.25, -0.2) is 9.59 Å². The number of rotatable bonds is 3. The Hall–Kier alpha value is -1.56. The summed E-state index contributed by atoms with van der Waals surface area (Å²) in [6.07, 6.45) is 2.08. The highest BCUT2D eigenvalue weighted by Crippen LogP contribution is 2.33. The standard InChI is InChI=1S/C14H20N2O3S/c1-4-19-13(17)11-9(2)10(3)20-12(11)15-14(18)16-7-5-6-8-16/h4-8H2,1-3H3,(H,15,18). The number of nitrogens with one attached hydrogen (secondary N) is 1. The third kappa shape index (κ3) is 2.95. The molecule has 2 amide bonds. The summed E-state index contributed by atoms with van der Waals surface area (Å²) in [4.78, 5) is 27.0. The Kier molecular flexibility index (Phi) is 4.65. The predicted octanol–water partition coefficient (Wildman–Crippen LogP) is 3.17. The van der Waals surface area contributed by atoms with E-state index >= 15 is 0 Å². The second-order valence-corrected chi connectivity index (χ2v) is 6.06. The third-order valence-electron chi connectivity index (χ3n) is 3.48. The summed E-state index contributed by atoms with van der Waals surface area (Å²) in [5.74, 6) is -0.369. The fraction of sp³-hybridized carbons (Fsp3) is 0.571. The Bertz CT molecular complexity index is 519. The monoisotopic (exact) mass is 296 g/mol. The molecule has 0 radical (unpaired) electrons. The van der Waals surface area contributed by atoms with Crippen molar-refractivity contribution in [1.29, 1.82) is 0 Å². The molecule has 1 fully saturated rings. The smallest absolute Gasteiger partial charge is 0.341 e. The van der Waals surface area contributed by atoms with Crippen molar-refractivity contribution in [2.45, 2.75) is 33.6 Å². The van der Waals surface area contributed by atoms with Gasteiger partial charge in [-0.05, 0) is 39.2 Å². The summed E-state index contributed by atoms with van der Waals surface area (Å²) in [6, 6.07) is -0.130. The fourth-order valence-electron chi connectivity index (χ4n) is 2.26. The van der Waals surface area contributed by atoms with Crippen molar-refractivity contribution >= 4 is 28.3 Å². The van der Waals surface area contributed by atoms with Gasteiger partial charge in [-0.15, -0.1) is 11.3 Å². The van der Waals surface area contributed by atoms with Crippen LogP contribution < -0.4 is 5.32 Å². The summed E-state index contributed by atoms with van der Waals surface area (Å²) >= 11 is 1.42. The van der Waals surface area contributed by atoms with Crippen molar-refractivity contribution in [1.82, 2.24) is 4.90 Å². The molecule has 2 rings (SSSR count). The Morgan fingerprint density at radius 2 is 1.95 bits per heavy atom. The zero-order valence-corrected chi connectivity index (χ0v) is 12.9. The summed E-state index contributed by atoms with van der Waals surface area (Å²) in [6.45, 7) is 7.48. The number of aryl methyl sites for hydroxylation is 1. The van der Waals surface area contributed by atoms with Crippen molar-refractivity contribution in [3.8, 4) is 0 Å². The van der Waals surface area contributed by atoms with Gasteiger partial charge in [0, 0.05) is 18.0 Å². The highest BCUT2D eigenvalue weighted by molar-refractivity contribution is 7.16. The highest BCUT2D eigenvalue weighted by atomic mass is 32.1. The molecule has 0 spiro atoms. The molecule has 6 heteroatoms. The SMILES string of the molecule is CCOC(=O)c1c(NC(=O)N2CCCC2)sc(C)c1C.